The number of aryl methyl sites for hydroxylation is 1. The van der Waals surface area contributed by atoms with Crippen LogP contribution in [-0.4, -0.2) is 46.3 Å². The van der Waals surface area contributed by atoms with E-state index >= 15 is 0 Å². The lowest BCUT2D eigenvalue weighted by atomic mass is 10.1. The van der Waals surface area contributed by atoms with E-state index in [1.54, 1.807) is 0 Å². The van der Waals surface area contributed by atoms with Crippen LogP contribution in [0, 0.1) is 5.92 Å². The summed E-state index contributed by atoms with van der Waals surface area (Å²) in [6, 6.07) is 12.9. The molecular weight excluding hydrogens is 284 g/mol. The maximum absolute atomic E-state index is 4.58. The summed E-state index contributed by atoms with van der Waals surface area (Å²) in [6.45, 7) is 8.69. The first-order valence-electron chi connectivity index (χ1n) is 8.70. The van der Waals surface area contributed by atoms with Crippen LogP contribution in [0.15, 0.2) is 42.6 Å². The van der Waals surface area contributed by atoms with E-state index in [0.717, 1.165) is 32.1 Å². The molecule has 1 aromatic heterocycles. The lowest BCUT2D eigenvalue weighted by molar-refractivity contribution is 0.252. The van der Waals surface area contributed by atoms with Crippen molar-refractivity contribution in [2.24, 2.45) is 5.92 Å². The molecule has 1 aromatic carbocycles. The Morgan fingerprint density at radius 1 is 1.22 bits per heavy atom. The number of nitrogens with zero attached hydrogens (tertiary/aromatic N) is 4. The molecule has 4 heteroatoms. The summed E-state index contributed by atoms with van der Waals surface area (Å²) >= 11 is 0. The summed E-state index contributed by atoms with van der Waals surface area (Å²) in [5, 5.41) is 4.58. The monoisotopic (exact) mass is 312 g/mol. The number of aromatic nitrogens is 2. The van der Waals surface area contributed by atoms with Gasteiger partial charge >= 0.3 is 0 Å². The van der Waals surface area contributed by atoms with E-state index in [1.165, 1.54) is 30.8 Å². The number of benzene rings is 1. The third-order valence-corrected chi connectivity index (χ3v) is 4.64. The fourth-order valence-electron chi connectivity index (χ4n) is 3.49. The van der Waals surface area contributed by atoms with Crippen molar-refractivity contribution in [3.05, 3.63) is 53.9 Å². The topological polar surface area (TPSA) is 24.3 Å². The summed E-state index contributed by atoms with van der Waals surface area (Å²) in [5.41, 5.74) is 2.60. The number of rotatable bonds is 7. The highest BCUT2D eigenvalue weighted by Crippen LogP contribution is 2.20. The molecule has 0 bridgehead atoms. The molecule has 0 spiro atoms. The van der Waals surface area contributed by atoms with Crippen molar-refractivity contribution < 1.29 is 0 Å². The van der Waals surface area contributed by atoms with Gasteiger partial charge in [-0.2, -0.15) is 5.10 Å². The zero-order valence-corrected chi connectivity index (χ0v) is 14.4. The molecular formula is C19H28N4. The Labute approximate surface area is 139 Å². The second-order valence-corrected chi connectivity index (χ2v) is 6.73. The molecule has 0 N–H and O–H groups in total. The molecule has 1 fully saturated rings. The van der Waals surface area contributed by atoms with Crippen LogP contribution in [0.25, 0.3) is 0 Å². The van der Waals surface area contributed by atoms with Crippen molar-refractivity contribution in [2.45, 2.75) is 33.0 Å². The van der Waals surface area contributed by atoms with Crippen molar-refractivity contribution in [2.75, 3.05) is 26.7 Å². The Balaban J connectivity index is 1.44. The Bertz CT molecular complexity index is 592. The molecule has 0 radical (unpaired) electrons. The van der Waals surface area contributed by atoms with Crippen LogP contribution in [0.1, 0.15) is 24.6 Å². The van der Waals surface area contributed by atoms with Gasteiger partial charge in [0.15, 0.2) is 0 Å². The van der Waals surface area contributed by atoms with E-state index in [-0.39, 0.29) is 0 Å². The van der Waals surface area contributed by atoms with E-state index in [1.807, 2.05) is 4.68 Å². The van der Waals surface area contributed by atoms with Gasteiger partial charge in [-0.25, -0.2) is 0 Å². The molecule has 0 saturated carbocycles. The molecule has 1 atom stereocenters. The number of hydrogen-bond acceptors (Lipinski definition) is 3. The van der Waals surface area contributed by atoms with E-state index < -0.39 is 0 Å². The van der Waals surface area contributed by atoms with Crippen molar-refractivity contribution >= 4 is 0 Å². The van der Waals surface area contributed by atoms with Crippen LogP contribution in [-0.2, 0) is 19.6 Å². The van der Waals surface area contributed by atoms with Gasteiger partial charge in [-0.1, -0.05) is 30.3 Å². The predicted octanol–water partition coefficient (Wildman–Crippen LogP) is 2.86. The highest BCUT2D eigenvalue weighted by molar-refractivity contribution is 5.14. The molecule has 2 heterocycles. The molecule has 1 saturated heterocycles. The first kappa shape index (κ1) is 16.2. The Morgan fingerprint density at radius 3 is 2.78 bits per heavy atom. The Kier molecular flexibility index (Phi) is 5.47. The van der Waals surface area contributed by atoms with E-state index in [9.17, 15) is 0 Å². The molecule has 2 aromatic rings. The van der Waals surface area contributed by atoms with Gasteiger partial charge in [0.2, 0.25) is 0 Å². The fourth-order valence-corrected chi connectivity index (χ4v) is 3.49. The summed E-state index contributed by atoms with van der Waals surface area (Å²) < 4.78 is 2.00. The van der Waals surface area contributed by atoms with Gasteiger partial charge in [0.05, 0.1) is 5.69 Å². The molecule has 1 unspecified atom stereocenters. The molecule has 1 aliphatic heterocycles. The Hall–Kier alpha value is -1.65. The number of likely N-dealkylation sites (tertiary alicyclic amines) is 1. The van der Waals surface area contributed by atoms with Gasteiger partial charge in [-0.3, -0.25) is 9.58 Å². The van der Waals surface area contributed by atoms with Crippen LogP contribution < -0.4 is 0 Å². The molecule has 23 heavy (non-hydrogen) atoms. The van der Waals surface area contributed by atoms with Crippen LogP contribution >= 0.6 is 0 Å². The van der Waals surface area contributed by atoms with Gasteiger partial charge in [0.25, 0.3) is 0 Å². The average molecular weight is 312 g/mol. The largest absolute Gasteiger partial charge is 0.300 e. The van der Waals surface area contributed by atoms with E-state index in [2.05, 4.69) is 71.5 Å². The normalized spacial score (nSPS) is 18.8. The van der Waals surface area contributed by atoms with Gasteiger partial charge in [-0.05, 0) is 44.5 Å². The fraction of sp³-hybridized carbons (Fsp3) is 0.526. The van der Waals surface area contributed by atoms with E-state index in [4.69, 9.17) is 0 Å². The molecule has 1 aliphatic rings. The summed E-state index contributed by atoms with van der Waals surface area (Å²) in [4.78, 5) is 5.00. The van der Waals surface area contributed by atoms with Crippen molar-refractivity contribution in [3.63, 3.8) is 0 Å². The van der Waals surface area contributed by atoms with Crippen LogP contribution in [0.3, 0.4) is 0 Å². The lowest BCUT2D eigenvalue weighted by Gasteiger charge is -2.21. The van der Waals surface area contributed by atoms with E-state index in [0.29, 0.717) is 0 Å². The second-order valence-electron chi connectivity index (χ2n) is 6.73. The van der Waals surface area contributed by atoms with Crippen molar-refractivity contribution in [1.29, 1.82) is 0 Å². The summed E-state index contributed by atoms with van der Waals surface area (Å²) in [7, 11) is 2.21. The quantitative estimate of drug-likeness (QED) is 0.786. The first-order valence-corrected chi connectivity index (χ1v) is 8.70. The minimum atomic E-state index is 0.775. The van der Waals surface area contributed by atoms with Crippen LogP contribution in [0.5, 0.6) is 0 Å². The zero-order chi connectivity index (χ0) is 16.1. The van der Waals surface area contributed by atoms with Crippen LogP contribution in [0.2, 0.25) is 0 Å². The molecule has 3 rings (SSSR count). The highest BCUT2D eigenvalue weighted by Gasteiger charge is 2.23. The summed E-state index contributed by atoms with van der Waals surface area (Å²) in [5.74, 6) is 0.775. The van der Waals surface area contributed by atoms with Crippen LogP contribution in [0.4, 0.5) is 0 Å². The van der Waals surface area contributed by atoms with Gasteiger partial charge in [0.1, 0.15) is 0 Å². The summed E-state index contributed by atoms with van der Waals surface area (Å²) in [6.07, 6.45) is 3.38. The minimum Gasteiger partial charge on any atom is -0.300 e. The average Bonchev–Trinajstić information content (AvgIpc) is 3.18. The molecule has 4 nitrogen and oxygen atoms in total. The standard InChI is InChI=1S/C19H28N4/c1-3-23-12-10-19(20-23)16-21(2)13-18-9-11-22(15-18)14-17-7-5-4-6-8-17/h4-8,10,12,18H,3,9,11,13-16H2,1-2H3. The SMILES string of the molecule is CCn1ccc(CN(C)CC2CCN(Cc3ccccc3)C2)n1. The van der Waals surface area contributed by atoms with Gasteiger partial charge in [0, 0.05) is 38.9 Å². The number of hydrogen-bond donors (Lipinski definition) is 0. The maximum atomic E-state index is 4.58. The lowest BCUT2D eigenvalue weighted by Crippen LogP contribution is -2.28. The predicted molar refractivity (Wildman–Crippen MR) is 94.1 cm³/mol. The zero-order valence-electron chi connectivity index (χ0n) is 14.4. The molecule has 0 amide bonds. The second kappa shape index (κ2) is 7.75. The first-order chi connectivity index (χ1) is 11.2. The Morgan fingerprint density at radius 2 is 2.04 bits per heavy atom. The molecule has 124 valence electrons. The van der Waals surface area contributed by atoms with Gasteiger partial charge in [-0.15, -0.1) is 0 Å². The molecule has 0 aliphatic carbocycles. The smallest absolute Gasteiger partial charge is 0.0764 e. The van der Waals surface area contributed by atoms with Crippen molar-refractivity contribution in [1.82, 2.24) is 19.6 Å². The van der Waals surface area contributed by atoms with Crippen molar-refractivity contribution in [3.8, 4) is 0 Å². The van der Waals surface area contributed by atoms with Gasteiger partial charge < -0.3 is 4.90 Å². The third kappa shape index (κ3) is 4.66. The third-order valence-electron chi connectivity index (χ3n) is 4.64. The highest BCUT2D eigenvalue weighted by atomic mass is 15.3. The minimum absolute atomic E-state index is 0.775. The maximum Gasteiger partial charge on any atom is 0.0764 e.